The van der Waals surface area contributed by atoms with E-state index in [1.165, 1.54) is 44.9 Å². The number of carbonyl (C=O) groups is 1. The van der Waals surface area contributed by atoms with Gasteiger partial charge in [0, 0.05) is 6.42 Å². The summed E-state index contributed by atoms with van der Waals surface area (Å²) >= 11 is 0. The molecule has 0 atom stereocenters. The summed E-state index contributed by atoms with van der Waals surface area (Å²) in [5, 5.41) is 8.63. The molecule has 100 valence electrons. The number of ether oxygens (including phenoxy) is 1. The van der Waals surface area contributed by atoms with E-state index in [9.17, 15) is 4.79 Å². The van der Waals surface area contributed by atoms with Gasteiger partial charge in [-0.25, -0.2) is 0 Å². The lowest BCUT2D eigenvalue weighted by atomic mass is 10.1. The molecule has 0 bridgehead atoms. The summed E-state index contributed by atoms with van der Waals surface area (Å²) in [6.07, 6.45) is 11.3. The Balaban J connectivity index is 3.13. The summed E-state index contributed by atoms with van der Waals surface area (Å²) in [4.78, 5) is 11.0. The van der Waals surface area contributed by atoms with E-state index in [-0.39, 0.29) is 5.97 Å². The largest absolute Gasteiger partial charge is 0.481 e. The van der Waals surface area contributed by atoms with Crippen molar-refractivity contribution in [3.63, 3.8) is 0 Å². The van der Waals surface area contributed by atoms with Crippen LogP contribution in [0.5, 0.6) is 0 Å². The average Bonchev–Trinajstić information content (AvgIpc) is 2.26. The van der Waals surface area contributed by atoms with E-state index in [4.69, 9.17) is 5.11 Å². The quantitative estimate of drug-likeness (QED) is 0.330. The van der Waals surface area contributed by atoms with Crippen molar-refractivity contribution in [2.45, 2.75) is 71.1 Å². The Kier molecular flexibility index (Phi) is 10.8. The first-order chi connectivity index (χ1) is 8.16. The van der Waals surface area contributed by atoms with Crippen LogP contribution in [0.25, 0.3) is 0 Å². The molecule has 0 saturated carbocycles. The van der Waals surface area contributed by atoms with Crippen LogP contribution < -0.4 is 0 Å². The van der Waals surface area contributed by atoms with Crippen LogP contribution in [-0.2, 0) is 9.53 Å². The second-order valence-electron chi connectivity index (χ2n) is 4.45. The number of esters is 1. The Morgan fingerprint density at radius 1 is 1.00 bits per heavy atom. The van der Waals surface area contributed by atoms with E-state index in [0.29, 0.717) is 6.42 Å². The molecule has 0 aromatic carbocycles. The zero-order valence-electron chi connectivity index (χ0n) is 11.0. The smallest absolute Gasteiger partial charge is 0.313 e. The minimum Gasteiger partial charge on any atom is -0.481 e. The maximum atomic E-state index is 11.0. The lowest BCUT2D eigenvalue weighted by Gasteiger charge is -2.02. The van der Waals surface area contributed by atoms with Crippen LogP contribution in [-0.4, -0.2) is 11.1 Å². The van der Waals surface area contributed by atoms with Crippen LogP contribution in [0.3, 0.4) is 0 Å². The first kappa shape index (κ1) is 16.0. The predicted molar refractivity (Wildman–Crippen MR) is 69.7 cm³/mol. The first-order valence-electron chi connectivity index (χ1n) is 6.75. The molecule has 0 aliphatic heterocycles. The van der Waals surface area contributed by atoms with Crippen molar-refractivity contribution in [3.8, 4) is 0 Å². The van der Waals surface area contributed by atoms with Gasteiger partial charge in [0.25, 0.3) is 5.95 Å². The Morgan fingerprint density at radius 3 is 1.94 bits per heavy atom. The minimum absolute atomic E-state index is 0.370. The molecule has 0 spiro atoms. The summed E-state index contributed by atoms with van der Waals surface area (Å²) in [6, 6.07) is 0. The van der Waals surface area contributed by atoms with Gasteiger partial charge in [-0.2, -0.15) is 0 Å². The Bertz CT molecular complexity index is 212. The number of carbonyl (C=O) groups excluding carboxylic acids is 1. The highest BCUT2D eigenvalue weighted by molar-refractivity contribution is 5.70. The van der Waals surface area contributed by atoms with Gasteiger partial charge in [0.2, 0.25) is 0 Å². The van der Waals surface area contributed by atoms with E-state index in [1.54, 1.807) is 0 Å². The molecule has 0 aliphatic rings. The van der Waals surface area contributed by atoms with Gasteiger partial charge >= 0.3 is 5.97 Å². The number of hydrogen-bond acceptors (Lipinski definition) is 3. The van der Waals surface area contributed by atoms with E-state index >= 15 is 0 Å². The third-order valence-electron chi connectivity index (χ3n) is 2.72. The van der Waals surface area contributed by atoms with Crippen molar-refractivity contribution in [3.05, 3.63) is 12.5 Å². The molecule has 1 N–H and O–H groups in total. The van der Waals surface area contributed by atoms with Crippen molar-refractivity contribution in [2.24, 2.45) is 0 Å². The molecule has 0 aliphatic carbocycles. The van der Waals surface area contributed by atoms with Crippen LogP contribution in [0, 0.1) is 0 Å². The highest BCUT2D eigenvalue weighted by Crippen LogP contribution is 2.10. The number of rotatable bonds is 11. The zero-order valence-corrected chi connectivity index (χ0v) is 11.0. The topological polar surface area (TPSA) is 46.5 Å². The molecule has 0 amide bonds. The van der Waals surface area contributed by atoms with Crippen LogP contribution in [0.1, 0.15) is 71.1 Å². The van der Waals surface area contributed by atoms with Crippen LogP contribution >= 0.6 is 0 Å². The summed E-state index contributed by atoms with van der Waals surface area (Å²) in [5.74, 6) is -0.897. The number of aliphatic hydroxyl groups excluding tert-OH is 1. The van der Waals surface area contributed by atoms with Crippen molar-refractivity contribution in [1.82, 2.24) is 0 Å². The van der Waals surface area contributed by atoms with Gasteiger partial charge in [-0.15, -0.1) is 0 Å². The molecule has 0 rings (SSSR count). The lowest BCUT2D eigenvalue weighted by molar-refractivity contribution is -0.143. The standard InChI is InChI=1S/C14H26O3/c1-3-4-5-6-7-8-9-10-11-12-14(16)17-13(2)15/h15H,2-12H2,1H3. The number of aliphatic hydroxyl groups is 1. The van der Waals surface area contributed by atoms with Crippen molar-refractivity contribution in [1.29, 1.82) is 0 Å². The number of unbranched alkanes of at least 4 members (excludes halogenated alkanes) is 8. The van der Waals surface area contributed by atoms with Crippen molar-refractivity contribution in [2.75, 3.05) is 0 Å². The second kappa shape index (κ2) is 11.5. The molecule has 0 fully saturated rings. The van der Waals surface area contributed by atoms with Crippen molar-refractivity contribution >= 4 is 5.97 Å². The summed E-state index contributed by atoms with van der Waals surface area (Å²) in [5.41, 5.74) is 0. The minimum atomic E-state index is -0.508. The number of hydrogen-bond donors (Lipinski definition) is 1. The third-order valence-corrected chi connectivity index (χ3v) is 2.72. The Morgan fingerprint density at radius 2 is 1.47 bits per heavy atom. The van der Waals surface area contributed by atoms with Gasteiger partial charge in [0.1, 0.15) is 0 Å². The fourth-order valence-corrected chi connectivity index (χ4v) is 1.76. The zero-order chi connectivity index (χ0) is 12.9. The fraction of sp³-hybridized carbons (Fsp3) is 0.786. The highest BCUT2D eigenvalue weighted by Gasteiger charge is 2.03. The molecule has 0 aromatic heterocycles. The van der Waals surface area contributed by atoms with E-state index in [0.717, 1.165) is 12.8 Å². The van der Waals surface area contributed by atoms with E-state index in [2.05, 4.69) is 18.2 Å². The predicted octanol–water partition coefficient (Wildman–Crippen LogP) is 4.48. The average molecular weight is 242 g/mol. The molecule has 17 heavy (non-hydrogen) atoms. The van der Waals surface area contributed by atoms with E-state index < -0.39 is 5.95 Å². The summed E-state index contributed by atoms with van der Waals surface area (Å²) in [7, 11) is 0. The van der Waals surface area contributed by atoms with Gasteiger partial charge in [-0.3, -0.25) is 4.79 Å². The SMILES string of the molecule is C=C(O)OC(=O)CCCCCCCCCCC. The van der Waals surface area contributed by atoms with Gasteiger partial charge in [0.15, 0.2) is 0 Å². The molecule has 3 nitrogen and oxygen atoms in total. The summed E-state index contributed by atoms with van der Waals surface area (Å²) < 4.78 is 4.44. The maximum Gasteiger partial charge on any atom is 0.313 e. The molecule has 0 radical (unpaired) electrons. The molecular weight excluding hydrogens is 216 g/mol. The van der Waals surface area contributed by atoms with E-state index in [1.807, 2.05) is 0 Å². The van der Waals surface area contributed by atoms with Crippen LogP contribution in [0.2, 0.25) is 0 Å². The molecule has 0 heterocycles. The summed E-state index contributed by atoms with van der Waals surface area (Å²) in [6.45, 7) is 5.32. The Hall–Kier alpha value is -0.990. The maximum absolute atomic E-state index is 11.0. The van der Waals surface area contributed by atoms with Crippen LogP contribution in [0.15, 0.2) is 12.5 Å². The molecule has 0 unspecified atom stereocenters. The van der Waals surface area contributed by atoms with Crippen LogP contribution in [0.4, 0.5) is 0 Å². The first-order valence-corrected chi connectivity index (χ1v) is 6.75. The normalized spacial score (nSPS) is 10.2. The second-order valence-corrected chi connectivity index (χ2v) is 4.45. The monoisotopic (exact) mass is 242 g/mol. The lowest BCUT2D eigenvalue weighted by Crippen LogP contribution is -2.02. The van der Waals surface area contributed by atoms with Crippen molar-refractivity contribution < 1.29 is 14.6 Å². The molecule has 3 heteroatoms. The van der Waals surface area contributed by atoms with Gasteiger partial charge in [0.05, 0.1) is 0 Å². The third kappa shape index (κ3) is 12.9. The highest BCUT2D eigenvalue weighted by atomic mass is 16.6. The van der Waals surface area contributed by atoms with Gasteiger partial charge < -0.3 is 9.84 Å². The fourth-order valence-electron chi connectivity index (χ4n) is 1.76. The Labute approximate surface area is 105 Å². The molecule has 0 aromatic rings. The van der Waals surface area contributed by atoms with Gasteiger partial charge in [-0.05, 0) is 13.0 Å². The molecule has 0 saturated heterocycles. The van der Waals surface area contributed by atoms with Gasteiger partial charge in [-0.1, -0.05) is 58.3 Å². The molecular formula is C14H26O3.